The van der Waals surface area contributed by atoms with Crippen LogP contribution in [0.1, 0.15) is 549 Å². The standard InChI is InChI=1S/C13H16.C11H16.C10H14.C8H18N2.C8H13N.C8H16.C8H18.2C7H14O.2C7H16.C6H12O.C6H14S.C6H14.C5H11NO.C5H12O.2C5H12.C4H10/c1-10(2)9-12-8-7-11-5-3-4-6-13(11)12;1-9(2)8-11-6-4-10(3)5-7-11;1-9(2)8-10-6-4-3-5-7-10;1-7(2)5-4-6-10-8(3)9;1-7(2)6-8-4-3-5-9-8;1-7(2)8-5-3-4-6-8;1-4-5-6-7-8(2)3;2*1-6(2)4-5-7(3)8;1-6(2)5-7(3)4;1-5-7(4)6(2)3;1-5(2)4-6(3)7;1-6(2)4-5-7-3;1-5(2)6(3)4;1-4(2)3-5(6)7;1-4(2)5(3)6;2*1-4-5(2)3;1-4(2)3/h3-6,8,10H,7,9H2,1-2H3;4-7,9H,8H2,1-3H3;3-7,9H,8H2,1-2H3;7H,4-6H2,1-3H3,(H2,9,10);4-5,7H,3,6H2,1-2H3;7-8H,3-6H2,1-2H3;8H,4-7H2,1-3H3;2*6H,4-5H2,1-3H3;2*6-7H,5H2,1-4H3;5H,4H2,1-3H3;6H,4-5H2,1-3H3;5-6H,1-4H3;4H,3H2,1-2H3,(H2,6,7);4-6H,1-3H3;2*5H,4H2,1-3H3;4H,1-3H3. The molecule has 10 heteroatoms. The largest absolute Gasteiger partial charge is 0.393 e. The van der Waals surface area contributed by atoms with Gasteiger partial charge in [0.05, 0.1) is 11.9 Å². The van der Waals surface area contributed by atoms with E-state index in [1.807, 2.05) is 66.4 Å². The number of ketones is 3. The van der Waals surface area contributed by atoms with Crippen LogP contribution >= 0.6 is 11.8 Å². The number of amides is 1. The van der Waals surface area contributed by atoms with Crippen LogP contribution in [0.3, 0.4) is 0 Å². The van der Waals surface area contributed by atoms with Crippen LogP contribution in [0.5, 0.6) is 0 Å². The maximum atomic E-state index is 10.3. The summed E-state index contributed by atoms with van der Waals surface area (Å²) in [6.07, 6.45) is 40.9. The van der Waals surface area contributed by atoms with Gasteiger partial charge < -0.3 is 31.0 Å². The SMILES string of the molecule is CC(=O)CC(C)C.CC(=O)CCC(C)C.CC(=O)CCC(C)C.CC(C)C.CC(C)C(C)C.CC(C)C(C)O.CC(C)C1CCCC1.CC(C)CC(C)C.CC(C)CC(N)=O.CC(C)CC1=CCC=N1.CC(C)CC1=CCc2ccccc21.CC(C)Cc1ccccc1.CC(N)=NCCCC(C)C.CCC(C)C.CCC(C)C.CCC(C)C(C)C.CCCCCC(C)C.CSCCC(C)C.Cc1ccc(CC(C)C)cc1. The number of carbonyl (C=O) groups excluding carboxylic acids is 4. The predicted molar refractivity (Wildman–Crippen MR) is 677 cm³/mol. The lowest BCUT2D eigenvalue weighted by Gasteiger charge is -2.11. The number of primary amides is 1. The molecule has 0 bridgehead atoms. The van der Waals surface area contributed by atoms with Crippen molar-refractivity contribution in [3.05, 3.63) is 125 Å². The molecule has 5 N–H and O–H groups in total. The number of nitrogens with zero attached hydrogens (tertiary/aromatic N) is 2. The summed E-state index contributed by atoms with van der Waals surface area (Å²) in [7, 11) is 0. The number of Topliss-reactive ketones (excluding diaryl/α,β-unsaturated/α-hetero) is 3. The van der Waals surface area contributed by atoms with E-state index in [0.29, 0.717) is 53.4 Å². The van der Waals surface area contributed by atoms with Gasteiger partial charge in [-0.3, -0.25) is 14.8 Å². The van der Waals surface area contributed by atoms with E-state index < -0.39 is 0 Å². The maximum Gasteiger partial charge on any atom is 0.217 e. The number of aliphatic imine (C=N–C) groups is 2. The van der Waals surface area contributed by atoms with Gasteiger partial charge >= 0.3 is 0 Å². The van der Waals surface area contributed by atoms with Crippen LogP contribution in [-0.4, -0.2) is 65.1 Å². The number of rotatable bonds is 38. The van der Waals surface area contributed by atoms with E-state index in [-0.39, 0.29) is 17.8 Å². The minimum absolute atomic E-state index is 0.148. The van der Waals surface area contributed by atoms with Crippen molar-refractivity contribution in [3.63, 3.8) is 0 Å². The molecule has 868 valence electrons. The Labute approximate surface area is 924 Å². The van der Waals surface area contributed by atoms with Gasteiger partial charge in [-0.1, -0.05) is 500 Å². The molecule has 2 unspecified atom stereocenters. The van der Waals surface area contributed by atoms with Gasteiger partial charge in [-0.2, -0.15) is 11.8 Å². The summed E-state index contributed by atoms with van der Waals surface area (Å²) in [6.45, 7) is 117. The van der Waals surface area contributed by atoms with Crippen LogP contribution in [-0.2, 0) is 38.4 Å². The second-order valence-corrected chi connectivity index (χ2v) is 51.2. The first-order chi connectivity index (χ1) is 67.4. The van der Waals surface area contributed by atoms with E-state index in [0.717, 1.165) is 171 Å². The first-order valence-electron chi connectivity index (χ1n) is 59.7. The van der Waals surface area contributed by atoms with Crippen LogP contribution in [0, 0.1) is 143 Å². The van der Waals surface area contributed by atoms with E-state index in [2.05, 4.69) is 405 Å². The van der Waals surface area contributed by atoms with E-state index >= 15 is 0 Å². The van der Waals surface area contributed by atoms with Gasteiger partial charge in [-0.15, -0.1) is 0 Å². The zero-order valence-electron chi connectivity index (χ0n) is 109. The number of aliphatic hydroxyl groups is 1. The third-order valence-corrected chi connectivity index (χ3v) is 23.8. The number of fused-ring (bicyclic) bond motifs is 1. The maximum absolute atomic E-state index is 10.3. The van der Waals surface area contributed by atoms with Gasteiger partial charge in [0.15, 0.2) is 0 Å². The molecule has 2 atom stereocenters. The Hall–Kier alpha value is -4.93. The highest BCUT2D eigenvalue weighted by Gasteiger charge is 2.18. The van der Waals surface area contributed by atoms with E-state index in [1.165, 1.54) is 148 Å². The number of allylic oxidation sites excluding steroid dienone is 4. The molecule has 9 nitrogen and oxygen atoms in total. The van der Waals surface area contributed by atoms with Crippen LogP contribution in [0.4, 0.5) is 0 Å². The predicted octanol–water partition coefficient (Wildman–Crippen LogP) is 43.0. The molecule has 6 rings (SSSR count). The molecule has 2 aliphatic carbocycles. The van der Waals surface area contributed by atoms with Crippen LogP contribution in [0.2, 0.25) is 0 Å². The molecule has 3 aromatic carbocycles. The lowest BCUT2D eigenvalue weighted by atomic mass is 9.95. The number of carbonyl (C=O) groups is 4. The highest BCUT2D eigenvalue weighted by Crippen LogP contribution is 2.32. The number of benzene rings is 3. The molecule has 3 aromatic rings. The zero-order chi connectivity index (χ0) is 117. The monoisotopic (exact) mass is 2070 g/mol. The Morgan fingerprint density at radius 1 is 0.404 bits per heavy atom. The minimum Gasteiger partial charge on any atom is -0.393 e. The fourth-order valence-electron chi connectivity index (χ4n) is 12.1. The number of aryl methyl sites for hydroxylation is 1. The molecule has 1 amide bonds. The fraction of sp³-hybridized carbons (Fsp3) is 0.794. The van der Waals surface area contributed by atoms with Crippen molar-refractivity contribution < 1.29 is 24.3 Å². The lowest BCUT2D eigenvalue weighted by molar-refractivity contribution is -0.119. The Morgan fingerprint density at radius 2 is 0.781 bits per heavy atom. The van der Waals surface area contributed by atoms with Crippen LogP contribution < -0.4 is 11.5 Å². The van der Waals surface area contributed by atoms with Gasteiger partial charge in [0.25, 0.3) is 0 Å². The lowest BCUT2D eigenvalue weighted by Crippen LogP contribution is -2.12. The van der Waals surface area contributed by atoms with E-state index in [1.54, 1.807) is 33.3 Å². The Bertz CT molecular complexity index is 3190. The molecule has 0 aromatic heterocycles. The summed E-state index contributed by atoms with van der Waals surface area (Å²) >= 11 is 1.93. The summed E-state index contributed by atoms with van der Waals surface area (Å²) in [4.78, 5) is 49.3. The summed E-state index contributed by atoms with van der Waals surface area (Å²) in [6, 6.07) is 28.2. The minimum atomic E-state index is -0.213. The molecule has 1 fully saturated rings. The zero-order valence-corrected chi connectivity index (χ0v) is 110. The van der Waals surface area contributed by atoms with Crippen LogP contribution in [0.15, 0.2) is 107 Å². The highest BCUT2D eigenvalue weighted by molar-refractivity contribution is 7.98. The van der Waals surface area contributed by atoms with Crippen LogP contribution in [0.25, 0.3) is 5.57 Å². The molecule has 1 saturated carbocycles. The van der Waals surface area contributed by atoms with E-state index in [4.69, 9.17) is 16.6 Å². The summed E-state index contributed by atoms with van der Waals surface area (Å²) in [5.41, 5.74) is 20.2. The number of amidine groups is 1. The number of hydrogen-bond donors (Lipinski definition) is 3. The van der Waals surface area contributed by atoms with Gasteiger partial charge in [0, 0.05) is 50.6 Å². The molecule has 1 aliphatic heterocycles. The molecular formula is C136H268N4O5S. The number of unbranched alkanes of at least 4 members (excludes halogenated alkanes) is 2. The van der Waals surface area contributed by atoms with E-state index in [9.17, 15) is 19.2 Å². The second kappa shape index (κ2) is 119. The second-order valence-electron chi connectivity index (χ2n) is 50.2. The average molecular weight is 2070 g/mol. The highest BCUT2D eigenvalue weighted by atomic mass is 32.2. The normalized spacial score (nSPS) is 12.3. The Kier molecular flexibility index (Phi) is 137. The van der Waals surface area contributed by atoms with Crippen molar-refractivity contribution in [1.82, 2.24) is 0 Å². The Morgan fingerprint density at radius 3 is 1.01 bits per heavy atom. The number of nitrogens with two attached hydrogens (primary N) is 2. The molecule has 1 heterocycles. The molecule has 146 heavy (non-hydrogen) atoms. The number of hydrogen-bond acceptors (Lipinski definition) is 8. The van der Waals surface area contributed by atoms with Crippen molar-refractivity contribution >= 4 is 52.6 Å². The van der Waals surface area contributed by atoms with Crippen molar-refractivity contribution in [2.75, 3.05) is 18.6 Å². The number of aliphatic hydroxyl groups excluding tert-OH is 1. The van der Waals surface area contributed by atoms with Gasteiger partial charge in [-0.05, 0) is 288 Å². The topological polar surface area (TPSA) is 165 Å². The first-order valence-corrected chi connectivity index (χ1v) is 61.0. The van der Waals surface area contributed by atoms with Gasteiger partial charge in [-0.25, -0.2) is 0 Å². The van der Waals surface area contributed by atoms with Gasteiger partial charge in [0.1, 0.15) is 17.3 Å². The van der Waals surface area contributed by atoms with Crippen molar-refractivity contribution in [2.24, 2.45) is 158 Å². The molecule has 0 radical (unpaired) electrons. The molecular weight excluding hydrogens is 1800 g/mol. The summed E-state index contributed by atoms with van der Waals surface area (Å²) in [5, 5.41) is 8.63. The Balaban J connectivity index is -0.000000117. The van der Waals surface area contributed by atoms with Crippen molar-refractivity contribution in [3.8, 4) is 0 Å². The van der Waals surface area contributed by atoms with Crippen molar-refractivity contribution in [1.29, 1.82) is 0 Å². The average Bonchev–Trinajstić information content (AvgIpc) is 1.69. The fourth-order valence-corrected chi connectivity index (χ4v) is 12.9. The molecule has 0 saturated heterocycles. The quantitative estimate of drug-likeness (QED) is 0.0292. The summed E-state index contributed by atoms with van der Waals surface area (Å²) in [5.74, 6) is 20.8. The third kappa shape index (κ3) is 175. The third-order valence-electron chi connectivity index (χ3n) is 23.2. The first kappa shape index (κ1) is 169. The van der Waals surface area contributed by atoms with Crippen molar-refractivity contribution in [2.45, 2.75) is 553 Å². The smallest absolute Gasteiger partial charge is 0.217 e. The van der Waals surface area contributed by atoms with Gasteiger partial charge in [0.2, 0.25) is 5.91 Å². The number of thioether (sulfide) groups is 1. The molecule has 0 spiro atoms. The molecule has 3 aliphatic rings. The summed E-state index contributed by atoms with van der Waals surface area (Å²) < 4.78 is 0.